The minimum atomic E-state index is 0.366. The normalized spacial score (nSPS) is 20.1. The Morgan fingerprint density at radius 1 is 1.10 bits per heavy atom. The van der Waals surface area contributed by atoms with Gasteiger partial charge >= 0.3 is 0 Å². The van der Waals surface area contributed by atoms with Gasteiger partial charge in [-0.15, -0.1) is 0 Å². The molecule has 7 nitrogen and oxygen atoms in total. The summed E-state index contributed by atoms with van der Waals surface area (Å²) in [5.74, 6) is 3.09. The van der Waals surface area contributed by atoms with Crippen molar-refractivity contribution in [3.8, 4) is 0 Å². The van der Waals surface area contributed by atoms with Crippen LogP contribution in [0.25, 0.3) is 0 Å². The van der Waals surface area contributed by atoms with E-state index < -0.39 is 0 Å². The van der Waals surface area contributed by atoms with E-state index in [4.69, 9.17) is 10.6 Å². The molecular formula is C22H34N6O. The van der Waals surface area contributed by atoms with Gasteiger partial charge in [0.2, 0.25) is 5.95 Å². The summed E-state index contributed by atoms with van der Waals surface area (Å²) < 4.78 is 0. The van der Waals surface area contributed by atoms with E-state index in [0.29, 0.717) is 23.7 Å². The lowest BCUT2D eigenvalue weighted by Crippen LogP contribution is -2.25. The topological polar surface area (TPSA) is 97.1 Å². The van der Waals surface area contributed by atoms with Crippen molar-refractivity contribution in [2.24, 2.45) is 17.6 Å². The molecule has 1 saturated carbocycles. The van der Waals surface area contributed by atoms with Gasteiger partial charge in [0.05, 0.1) is 13.3 Å². The highest BCUT2D eigenvalue weighted by molar-refractivity contribution is 5.63. The van der Waals surface area contributed by atoms with Crippen molar-refractivity contribution in [2.75, 3.05) is 42.9 Å². The first-order chi connectivity index (χ1) is 14.2. The summed E-state index contributed by atoms with van der Waals surface area (Å²) in [6, 6.07) is 10.5. The van der Waals surface area contributed by atoms with Crippen LogP contribution in [0.1, 0.15) is 44.1 Å². The Kier molecular flexibility index (Phi) is 8.07. The zero-order valence-corrected chi connectivity index (χ0v) is 17.5. The molecule has 1 unspecified atom stereocenters. The summed E-state index contributed by atoms with van der Waals surface area (Å²) in [6.45, 7) is 4.67. The van der Waals surface area contributed by atoms with Gasteiger partial charge in [-0.05, 0) is 55.5 Å². The Morgan fingerprint density at radius 3 is 2.52 bits per heavy atom. The Morgan fingerprint density at radius 2 is 1.83 bits per heavy atom. The van der Waals surface area contributed by atoms with Gasteiger partial charge in [0.1, 0.15) is 5.69 Å². The fourth-order valence-electron chi connectivity index (χ4n) is 3.84. The van der Waals surface area contributed by atoms with Gasteiger partial charge in [0.15, 0.2) is 5.82 Å². The fourth-order valence-corrected chi connectivity index (χ4v) is 3.84. The molecule has 1 aromatic heterocycles. The molecular weight excluding hydrogens is 364 g/mol. The van der Waals surface area contributed by atoms with E-state index in [-0.39, 0.29) is 0 Å². The van der Waals surface area contributed by atoms with Gasteiger partial charge in [-0.1, -0.05) is 37.3 Å². The number of anilines is 3. The van der Waals surface area contributed by atoms with Gasteiger partial charge in [0.25, 0.3) is 0 Å². The summed E-state index contributed by atoms with van der Waals surface area (Å²) in [6.07, 6.45) is 6.62. The zero-order chi connectivity index (χ0) is 20.5. The number of nitrogens with two attached hydrogens (primary N) is 1. The molecule has 1 aromatic carbocycles. The minimum absolute atomic E-state index is 0.366. The largest absolute Gasteiger partial charge is 0.368 e. The third kappa shape index (κ3) is 6.30. The van der Waals surface area contributed by atoms with Crippen LogP contribution in [0.2, 0.25) is 0 Å². The predicted molar refractivity (Wildman–Crippen MR) is 119 cm³/mol. The quantitative estimate of drug-likeness (QED) is 0.451. The Balaban J connectivity index is 1.58. The second-order valence-corrected chi connectivity index (χ2v) is 7.96. The smallest absolute Gasteiger partial charge is 0.224 e. The first-order valence-electron chi connectivity index (χ1n) is 10.6. The average molecular weight is 399 g/mol. The van der Waals surface area contributed by atoms with Gasteiger partial charge in [0, 0.05) is 13.1 Å². The average Bonchev–Trinajstić information content (AvgIpc) is 2.78. The van der Waals surface area contributed by atoms with E-state index >= 15 is 0 Å². The molecule has 7 heteroatoms. The first kappa shape index (κ1) is 21.3. The molecule has 0 radical (unpaired) electrons. The fraction of sp³-hybridized carbons (Fsp3) is 0.545. The molecule has 0 saturated heterocycles. The van der Waals surface area contributed by atoms with Crippen LogP contribution in [0.15, 0.2) is 36.5 Å². The number of nitrogens with zero attached hydrogens (tertiary/aromatic N) is 2. The summed E-state index contributed by atoms with van der Waals surface area (Å²) in [7, 11) is 1.59. The molecule has 1 aliphatic carbocycles. The van der Waals surface area contributed by atoms with Crippen LogP contribution in [0.3, 0.4) is 0 Å². The molecule has 1 heterocycles. The number of benzene rings is 1. The monoisotopic (exact) mass is 398 g/mol. The number of hydrogen-bond donors (Lipinski definition) is 4. The molecule has 3 rings (SSSR count). The van der Waals surface area contributed by atoms with Crippen molar-refractivity contribution >= 4 is 17.5 Å². The van der Waals surface area contributed by atoms with Crippen molar-refractivity contribution in [3.63, 3.8) is 0 Å². The summed E-state index contributed by atoms with van der Waals surface area (Å²) in [4.78, 5) is 14.2. The van der Waals surface area contributed by atoms with Crippen LogP contribution < -0.4 is 21.8 Å². The molecule has 0 bridgehead atoms. The van der Waals surface area contributed by atoms with Gasteiger partial charge in [-0.2, -0.15) is 4.98 Å². The van der Waals surface area contributed by atoms with Crippen LogP contribution in [0, 0.1) is 11.8 Å². The van der Waals surface area contributed by atoms with Crippen LogP contribution >= 0.6 is 0 Å². The molecule has 2 aromatic rings. The number of rotatable bonds is 10. The van der Waals surface area contributed by atoms with E-state index in [1.54, 1.807) is 13.3 Å². The van der Waals surface area contributed by atoms with E-state index in [1.165, 1.54) is 31.2 Å². The standard InChI is InChI=1S/C22H34N6O/c1-16(19-6-4-3-5-7-19)13-25-22-26-15-20(28-29-2)21(27-22)24-14-18-10-8-17(12-23)9-11-18/h3-7,15-18,28H,8-14,23H2,1-2H3,(H2,24,25,26,27). The van der Waals surface area contributed by atoms with Crippen LogP contribution in [-0.4, -0.2) is 36.7 Å². The molecule has 158 valence electrons. The number of aromatic nitrogens is 2. The van der Waals surface area contributed by atoms with Crippen molar-refractivity contribution in [1.29, 1.82) is 0 Å². The number of hydrogen-bond acceptors (Lipinski definition) is 7. The van der Waals surface area contributed by atoms with Crippen LogP contribution in [0.5, 0.6) is 0 Å². The van der Waals surface area contributed by atoms with E-state index in [2.05, 4.69) is 57.3 Å². The predicted octanol–water partition coefficient (Wildman–Crippen LogP) is 3.84. The maximum absolute atomic E-state index is 5.81. The zero-order valence-electron chi connectivity index (χ0n) is 17.5. The number of nitrogens with one attached hydrogen (secondary N) is 3. The SMILES string of the molecule is CONc1cnc(NCC(C)c2ccccc2)nc1NCC1CCC(CN)CC1. The van der Waals surface area contributed by atoms with Gasteiger partial charge in [-0.25, -0.2) is 4.98 Å². The van der Waals surface area contributed by atoms with E-state index in [0.717, 1.165) is 31.1 Å². The molecule has 1 fully saturated rings. The maximum atomic E-state index is 5.81. The summed E-state index contributed by atoms with van der Waals surface area (Å²) in [5, 5.41) is 6.85. The molecule has 0 aliphatic heterocycles. The van der Waals surface area contributed by atoms with E-state index in [9.17, 15) is 0 Å². The molecule has 1 atom stereocenters. The molecule has 1 aliphatic rings. The Bertz CT molecular complexity index is 733. The highest BCUT2D eigenvalue weighted by Crippen LogP contribution is 2.29. The molecule has 5 N–H and O–H groups in total. The van der Waals surface area contributed by atoms with Gasteiger partial charge in [-0.3, -0.25) is 10.3 Å². The maximum Gasteiger partial charge on any atom is 0.224 e. The lowest BCUT2D eigenvalue weighted by atomic mass is 9.82. The molecule has 29 heavy (non-hydrogen) atoms. The molecule has 0 amide bonds. The lowest BCUT2D eigenvalue weighted by Gasteiger charge is -2.28. The van der Waals surface area contributed by atoms with Crippen LogP contribution in [0.4, 0.5) is 17.5 Å². The van der Waals surface area contributed by atoms with Gasteiger partial charge < -0.3 is 16.4 Å². The third-order valence-electron chi connectivity index (χ3n) is 5.79. The highest BCUT2D eigenvalue weighted by Gasteiger charge is 2.20. The van der Waals surface area contributed by atoms with E-state index in [1.807, 2.05) is 6.07 Å². The second-order valence-electron chi connectivity index (χ2n) is 7.96. The second kappa shape index (κ2) is 11.0. The molecule has 0 spiro atoms. The highest BCUT2D eigenvalue weighted by atomic mass is 16.6. The minimum Gasteiger partial charge on any atom is -0.368 e. The summed E-state index contributed by atoms with van der Waals surface area (Å²) in [5.41, 5.74) is 10.7. The van der Waals surface area contributed by atoms with Crippen molar-refractivity contribution in [3.05, 3.63) is 42.1 Å². The Hall–Kier alpha value is -2.38. The first-order valence-corrected chi connectivity index (χ1v) is 10.6. The van der Waals surface area contributed by atoms with Crippen molar-refractivity contribution in [1.82, 2.24) is 9.97 Å². The Labute approximate surface area is 173 Å². The van der Waals surface area contributed by atoms with Crippen LogP contribution in [-0.2, 0) is 4.84 Å². The third-order valence-corrected chi connectivity index (χ3v) is 5.79. The van der Waals surface area contributed by atoms with Crippen molar-refractivity contribution < 1.29 is 4.84 Å². The van der Waals surface area contributed by atoms with Crippen molar-refractivity contribution in [2.45, 2.75) is 38.5 Å². The summed E-state index contributed by atoms with van der Waals surface area (Å²) >= 11 is 0. The lowest BCUT2D eigenvalue weighted by molar-refractivity contribution is 0.270.